The van der Waals surface area contributed by atoms with Crippen molar-refractivity contribution >= 4 is 11.2 Å². The van der Waals surface area contributed by atoms with Crippen molar-refractivity contribution in [2.75, 3.05) is 0 Å². The monoisotopic (exact) mass is 254 g/mol. The molecule has 96 valence electrons. The van der Waals surface area contributed by atoms with Crippen molar-refractivity contribution in [2.24, 2.45) is 0 Å². The van der Waals surface area contributed by atoms with E-state index in [2.05, 4.69) is 28.8 Å². The molecule has 0 saturated carbocycles. The van der Waals surface area contributed by atoms with Crippen molar-refractivity contribution in [1.29, 1.82) is 0 Å². The average molecular weight is 254 g/mol. The largest absolute Gasteiger partial charge is 0.506 e. The van der Waals surface area contributed by atoms with Crippen molar-refractivity contribution in [2.45, 2.75) is 19.9 Å². The van der Waals surface area contributed by atoms with Crippen LogP contribution in [0.3, 0.4) is 0 Å². The fourth-order valence-electron chi connectivity index (χ4n) is 2.18. The number of nitrogens with zero attached hydrogens (tertiary/aromatic N) is 4. The highest BCUT2D eigenvalue weighted by molar-refractivity contribution is 5.78. The lowest BCUT2D eigenvalue weighted by molar-refractivity contribution is 0.473. The molecule has 5 nitrogen and oxygen atoms in total. The Morgan fingerprint density at radius 1 is 1.21 bits per heavy atom. The summed E-state index contributed by atoms with van der Waals surface area (Å²) in [7, 11) is 0. The predicted molar refractivity (Wildman–Crippen MR) is 72.8 cm³/mol. The zero-order chi connectivity index (χ0) is 13.4. The maximum atomic E-state index is 9.96. The minimum atomic E-state index is 0.125. The first-order valence-electron chi connectivity index (χ1n) is 6.15. The fourth-order valence-corrected chi connectivity index (χ4v) is 2.18. The van der Waals surface area contributed by atoms with Crippen LogP contribution < -0.4 is 0 Å². The molecule has 0 aliphatic rings. The minimum Gasteiger partial charge on any atom is -0.506 e. The fraction of sp³-hybridized carbons (Fsp3) is 0.214. The van der Waals surface area contributed by atoms with E-state index in [0.717, 1.165) is 11.2 Å². The van der Waals surface area contributed by atoms with Gasteiger partial charge >= 0.3 is 0 Å². The zero-order valence-corrected chi connectivity index (χ0v) is 10.8. The van der Waals surface area contributed by atoms with Crippen molar-refractivity contribution in [3.8, 4) is 17.1 Å². The van der Waals surface area contributed by atoms with Crippen LogP contribution in [0.5, 0.6) is 5.75 Å². The second-order valence-corrected chi connectivity index (χ2v) is 4.64. The van der Waals surface area contributed by atoms with Crippen LogP contribution in [0.1, 0.15) is 19.9 Å². The van der Waals surface area contributed by atoms with Gasteiger partial charge in [-0.05, 0) is 32.0 Å². The van der Waals surface area contributed by atoms with E-state index in [-0.39, 0.29) is 11.8 Å². The standard InChI is InChI=1S/C14H14N4O/c1-9(2)18-13(10-5-7-15-8-12(10)19)17-11-4-3-6-16-14(11)18/h3-9,19H,1-2H3. The van der Waals surface area contributed by atoms with Crippen molar-refractivity contribution < 1.29 is 5.11 Å². The maximum Gasteiger partial charge on any atom is 0.160 e. The Hall–Kier alpha value is -2.43. The molecular weight excluding hydrogens is 240 g/mol. The lowest BCUT2D eigenvalue weighted by Crippen LogP contribution is -2.04. The van der Waals surface area contributed by atoms with Crippen LogP contribution in [-0.2, 0) is 0 Å². The minimum absolute atomic E-state index is 0.125. The molecule has 3 heterocycles. The topological polar surface area (TPSA) is 63.8 Å². The molecule has 0 bridgehead atoms. The van der Waals surface area contributed by atoms with Gasteiger partial charge in [0.1, 0.15) is 17.1 Å². The van der Waals surface area contributed by atoms with E-state index in [1.165, 1.54) is 6.20 Å². The van der Waals surface area contributed by atoms with Crippen molar-refractivity contribution in [3.63, 3.8) is 0 Å². The van der Waals surface area contributed by atoms with Crippen LogP contribution in [0.4, 0.5) is 0 Å². The van der Waals surface area contributed by atoms with E-state index >= 15 is 0 Å². The van der Waals surface area contributed by atoms with E-state index in [1.54, 1.807) is 18.5 Å². The lowest BCUT2D eigenvalue weighted by Gasteiger charge is -2.12. The SMILES string of the molecule is CC(C)n1c(-c2ccncc2O)nc2cccnc21. The van der Waals surface area contributed by atoms with Gasteiger partial charge < -0.3 is 9.67 Å². The number of rotatable bonds is 2. The summed E-state index contributed by atoms with van der Waals surface area (Å²) in [5.74, 6) is 0.836. The van der Waals surface area contributed by atoms with E-state index < -0.39 is 0 Å². The number of hydrogen-bond acceptors (Lipinski definition) is 4. The molecule has 5 heteroatoms. The first-order valence-corrected chi connectivity index (χ1v) is 6.15. The number of aromatic hydroxyl groups is 1. The molecule has 0 spiro atoms. The van der Waals surface area contributed by atoms with Crippen LogP contribution in [0.15, 0.2) is 36.8 Å². The Morgan fingerprint density at radius 2 is 2.05 bits per heavy atom. The Labute approximate surface area is 110 Å². The molecular formula is C14H14N4O. The van der Waals surface area contributed by atoms with E-state index in [9.17, 15) is 5.11 Å². The molecule has 0 saturated heterocycles. The summed E-state index contributed by atoms with van der Waals surface area (Å²) in [5, 5.41) is 9.96. The smallest absolute Gasteiger partial charge is 0.160 e. The molecule has 0 atom stereocenters. The molecule has 0 amide bonds. The van der Waals surface area contributed by atoms with Gasteiger partial charge in [0, 0.05) is 18.4 Å². The predicted octanol–water partition coefficient (Wildman–Crippen LogP) is 2.78. The normalized spacial score (nSPS) is 11.3. The number of imidazole rings is 1. The molecule has 3 rings (SSSR count). The van der Waals surface area contributed by atoms with Crippen LogP contribution in [0.25, 0.3) is 22.6 Å². The van der Waals surface area contributed by atoms with Gasteiger partial charge in [-0.2, -0.15) is 0 Å². The summed E-state index contributed by atoms with van der Waals surface area (Å²) < 4.78 is 2.02. The summed E-state index contributed by atoms with van der Waals surface area (Å²) in [6.45, 7) is 4.13. The summed E-state index contributed by atoms with van der Waals surface area (Å²) in [5.41, 5.74) is 2.31. The number of aromatic nitrogens is 4. The Morgan fingerprint density at radius 3 is 2.79 bits per heavy atom. The third kappa shape index (κ3) is 1.83. The van der Waals surface area contributed by atoms with Gasteiger partial charge in [0.15, 0.2) is 5.65 Å². The third-order valence-electron chi connectivity index (χ3n) is 3.01. The van der Waals surface area contributed by atoms with Crippen LogP contribution in [-0.4, -0.2) is 24.6 Å². The van der Waals surface area contributed by atoms with Gasteiger partial charge in [-0.15, -0.1) is 0 Å². The molecule has 1 N–H and O–H groups in total. The summed E-state index contributed by atoms with van der Waals surface area (Å²) >= 11 is 0. The van der Waals surface area contributed by atoms with Gasteiger partial charge in [-0.3, -0.25) is 4.98 Å². The molecule has 0 radical (unpaired) electrons. The van der Waals surface area contributed by atoms with E-state index in [1.807, 2.05) is 16.7 Å². The van der Waals surface area contributed by atoms with Gasteiger partial charge in [-0.25, -0.2) is 9.97 Å². The first-order chi connectivity index (χ1) is 9.18. The summed E-state index contributed by atoms with van der Waals surface area (Å²) in [6.07, 6.45) is 4.82. The van der Waals surface area contributed by atoms with E-state index in [0.29, 0.717) is 11.4 Å². The Bertz CT molecular complexity index is 733. The molecule has 0 aromatic carbocycles. The van der Waals surface area contributed by atoms with Gasteiger partial charge in [0.2, 0.25) is 0 Å². The molecule has 19 heavy (non-hydrogen) atoms. The summed E-state index contributed by atoms with van der Waals surface area (Å²) in [4.78, 5) is 12.9. The van der Waals surface area contributed by atoms with Crippen molar-refractivity contribution in [3.05, 3.63) is 36.8 Å². The first kappa shape index (κ1) is 11.6. The molecule has 3 aromatic heterocycles. The molecule has 0 fully saturated rings. The molecule has 0 unspecified atom stereocenters. The Balaban J connectivity index is 2.35. The van der Waals surface area contributed by atoms with Crippen LogP contribution >= 0.6 is 0 Å². The highest BCUT2D eigenvalue weighted by Crippen LogP contribution is 2.31. The highest BCUT2D eigenvalue weighted by atomic mass is 16.3. The second kappa shape index (κ2) is 4.35. The van der Waals surface area contributed by atoms with Crippen LogP contribution in [0.2, 0.25) is 0 Å². The quantitative estimate of drug-likeness (QED) is 0.763. The zero-order valence-electron chi connectivity index (χ0n) is 10.8. The Kier molecular flexibility index (Phi) is 2.67. The molecule has 3 aromatic rings. The second-order valence-electron chi connectivity index (χ2n) is 4.64. The van der Waals surface area contributed by atoms with E-state index in [4.69, 9.17) is 0 Å². The number of pyridine rings is 2. The van der Waals surface area contributed by atoms with Crippen LogP contribution in [0, 0.1) is 0 Å². The summed E-state index contributed by atoms with van der Waals surface area (Å²) in [6, 6.07) is 5.73. The van der Waals surface area contributed by atoms with Gasteiger partial charge in [-0.1, -0.05) is 0 Å². The number of fused-ring (bicyclic) bond motifs is 1. The lowest BCUT2D eigenvalue weighted by atomic mass is 10.2. The maximum absolute atomic E-state index is 9.96. The van der Waals surface area contributed by atoms with Gasteiger partial charge in [0.25, 0.3) is 0 Å². The number of hydrogen-bond donors (Lipinski definition) is 1. The van der Waals surface area contributed by atoms with Crippen molar-refractivity contribution in [1.82, 2.24) is 19.5 Å². The molecule has 0 aliphatic carbocycles. The van der Waals surface area contributed by atoms with Gasteiger partial charge in [0.05, 0.1) is 11.8 Å². The molecule has 0 aliphatic heterocycles. The average Bonchev–Trinajstić information content (AvgIpc) is 2.78. The highest BCUT2D eigenvalue weighted by Gasteiger charge is 2.17. The third-order valence-corrected chi connectivity index (χ3v) is 3.01.